The monoisotopic (exact) mass is 419 g/mol. The molecule has 1 aromatic carbocycles. The van der Waals surface area contributed by atoms with Gasteiger partial charge in [-0.25, -0.2) is 4.98 Å². The molecule has 0 aliphatic rings. The van der Waals surface area contributed by atoms with E-state index in [2.05, 4.69) is 36.2 Å². The van der Waals surface area contributed by atoms with E-state index in [4.69, 9.17) is 9.72 Å². The second-order valence-corrected chi connectivity index (χ2v) is 7.32. The first-order chi connectivity index (χ1) is 15.8. The van der Waals surface area contributed by atoms with Crippen LogP contribution in [-0.2, 0) is 0 Å². The fourth-order valence-corrected chi connectivity index (χ4v) is 3.83. The average molecular weight is 419 g/mol. The standard InChI is InChI=1S/C24H17N7O/c1-32-17-10-16(12-26-13-17)15-2-3-19-18(11-15)22(31-30-19)24-28-20-6-9-27-21(23(20)29-24)14-4-7-25-8-5-14/h2-13H,1H3,(H,28,29)(H,30,31). The van der Waals surface area contributed by atoms with Crippen molar-refractivity contribution in [1.29, 1.82) is 0 Å². The number of aromatic amines is 2. The topological polar surface area (TPSA) is 105 Å². The van der Waals surface area contributed by atoms with Gasteiger partial charge in [0, 0.05) is 41.3 Å². The SMILES string of the molecule is COc1cncc(-c2ccc3[nH]nc(-c4nc5c(-c6ccncc6)nccc5[nH]4)c3c2)c1. The lowest BCUT2D eigenvalue weighted by Gasteiger charge is -2.04. The number of nitrogens with zero attached hydrogens (tertiary/aromatic N) is 5. The van der Waals surface area contributed by atoms with Gasteiger partial charge in [0.2, 0.25) is 0 Å². The van der Waals surface area contributed by atoms with Crippen molar-refractivity contribution in [2.24, 2.45) is 0 Å². The molecule has 0 saturated carbocycles. The molecule has 0 saturated heterocycles. The molecule has 2 N–H and O–H groups in total. The molecule has 0 bridgehead atoms. The minimum atomic E-state index is 0.676. The third-order valence-corrected chi connectivity index (χ3v) is 5.42. The van der Waals surface area contributed by atoms with Crippen LogP contribution in [0.25, 0.3) is 55.8 Å². The number of pyridine rings is 3. The molecule has 5 aromatic heterocycles. The first-order valence-corrected chi connectivity index (χ1v) is 10.0. The number of benzene rings is 1. The Morgan fingerprint density at radius 2 is 1.69 bits per heavy atom. The van der Waals surface area contributed by atoms with Gasteiger partial charge < -0.3 is 9.72 Å². The molecule has 0 spiro atoms. The van der Waals surface area contributed by atoms with Crippen molar-refractivity contribution in [3.63, 3.8) is 0 Å². The summed E-state index contributed by atoms with van der Waals surface area (Å²) < 4.78 is 5.32. The predicted octanol–water partition coefficient (Wildman–Crippen LogP) is 4.63. The lowest BCUT2D eigenvalue weighted by Crippen LogP contribution is -1.87. The van der Waals surface area contributed by atoms with Crippen molar-refractivity contribution < 1.29 is 4.74 Å². The Morgan fingerprint density at radius 3 is 2.56 bits per heavy atom. The second-order valence-electron chi connectivity index (χ2n) is 7.32. The maximum absolute atomic E-state index is 5.32. The smallest absolute Gasteiger partial charge is 0.159 e. The van der Waals surface area contributed by atoms with Gasteiger partial charge in [-0.15, -0.1) is 0 Å². The number of ether oxygens (including phenoxy) is 1. The number of methoxy groups -OCH3 is 1. The van der Waals surface area contributed by atoms with Gasteiger partial charge in [-0.3, -0.25) is 20.1 Å². The fourth-order valence-electron chi connectivity index (χ4n) is 3.83. The van der Waals surface area contributed by atoms with E-state index in [-0.39, 0.29) is 0 Å². The molecule has 6 aromatic rings. The van der Waals surface area contributed by atoms with E-state index in [1.165, 1.54) is 0 Å². The molecule has 5 heterocycles. The van der Waals surface area contributed by atoms with Crippen molar-refractivity contribution in [3.8, 4) is 39.7 Å². The summed E-state index contributed by atoms with van der Waals surface area (Å²) in [6, 6.07) is 13.8. The second kappa shape index (κ2) is 7.28. The third kappa shape index (κ3) is 2.97. The number of nitrogens with one attached hydrogen (secondary N) is 2. The highest BCUT2D eigenvalue weighted by atomic mass is 16.5. The normalized spacial score (nSPS) is 11.3. The molecular formula is C24H17N7O. The minimum Gasteiger partial charge on any atom is -0.495 e. The molecular weight excluding hydrogens is 402 g/mol. The van der Waals surface area contributed by atoms with Crippen molar-refractivity contribution in [3.05, 3.63) is 73.4 Å². The third-order valence-electron chi connectivity index (χ3n) is 5.42. The van der Waals surface area contributed by atoms with Gasteiger partial charge in [-0.05, 0) is 42.0 Å². The van der Waals surface area contributed by atoms with Crippen molar-refractivity contribution in [2.75, 3.05) is 7.11 Å². The highest BCUT2D eigenvalue weighted by Crippen LogP contribution is 2.32. The quantitative estimate of drug-likeness (QED) is 0.431. The fraction of sp³-hybridized carbons (Fsp3) is 0.0417. The predicted molar refractivity (Wildman–Crippen MR) is 122 cm³/mol. The molecule has 0 radical (unpaired) electrons. The number of aromatic nitrogens is 7. The van der Waals surface area contributed by atoms with E-state index in [0.717, 1.165) is 50.0 Å². The van der Waals surface area contributed by atoms with Crippen molar-refractivity contribution in [2.45, 2.75) is 0 Å². The maximum atomic E-state index is 5.32. The molecule has 0 amide bonds. The van der Waals surface area contributed by atoms with E-state index >= 15 is 0 Å². The number of H-pyrrole nitrogens is 2. The van der Waals surface area contributed by atoms with Crippen molar-refractivity contribution >= 4 is 21.9 Å². The number of hydrogen-bond acceptors (Lipinski definition) is 6. The molecule has 8 nitrogen and oxygen atoms in total. The van der Waals surface area contributed by atoms with E-state index in [0.29, 0.717) is 11.6 Å². The lowest BCUT2D eigenvalue weighted by molar-refractivity contribution is 0.413. The van der Waals surface area contributed by atoms with Crippen molar-refractivity contribution in [1.82, 2.24) is 35.1 Å². The van der Waals surface area contributed by atoms with Gasteiger partial charge in [-0.2, -0.15) is 5.10 Å². The summed E-state index contributed by atoms with van der Waals surface area (Å²) in [7, 11) is 1.63. The summed E-state index contributed by atoms with van der Waals surface area (Å²) in [6.07, 6.45) is 8.78. The lowest BCUT2D eigenvalue weighted by atomic mass is 10.0. The summed E-state index contributed by atoms with van der Waals surface area (Å²) >= 11 is 0. The summed E-state index contributed by atoms with van der Waals surface area (Å²) in [4.78, 5) is 21.2. The Morgan fingerprint density at radius 1 is 0.781 bits per heavy atom. The number of hydrogen-bond donors (Lipinski definition) is 2. The van der Waals surface area contributed by atoms with Crippen LogP contribution in [0.4, 0.5) is 0 Å². The highest BCUT2D eigenvalue weighted by Gasteiger charge is 2.16. The molecule has 0 unspecified atom stereocenters. The zero-order chi connectivity index (χ0) is 21.5. The average Bonchev–Trinajstić information content (AvgIpc) is 3.48. The summed E-state index contributed by atoms with van der Waals surface area (Å²) in [5.41, 5.74) is 7.10. The van der Waals surface area contributed by atoms with Crippen LogP contribution in [0.15, 0.2) is 73.4 Å². The zero-order valence-electron chi connectivity index (χ0n) is 17.1. The summed E-state index contributed by atoms with van der Waals surface area (Å²) in [5.74, 6) is 1.39. The van der Waals surface area contributed by atoms with E-state index in [1.807, 2.05) is 42.6 Å². The molecule has 0 aliphatic carbocycles. The molecule has 0 fully saturated rings. The Balaban J connectivity index is 1.50. The highest BCUT2D eigenvalue weighted by molar-refractivity contribution is 5.97. The Bertz CT molecular complexity index is 1570. The van der Waals surface area contributed by atoms with Crippen LogP contribution in [0.3, 0.4) is 0 Å². The minimum absolute atomic E-state index is 0.676. The van der Waals surface area contributed by atoms with Crippen LogP contribution in [0.1, 0.15) is 0 Å². The first-order valence-electron chi connectivity index (χ1n) is 10.0. The van der Waals surface area contributed by atoms with Crippen LogP contribution in [0.5, 0.6) is 5.75 Å². The van der Waals surface area contributed by atoms with E-state index < -0.39 is 0 Å². The molecule has 154 valence electrons. The van der Waals surface area contributed by atoms with Crippen LogP contribution in [-0.4, -0.2) is 42.2 Å². The molecule has 32 heavy (non-hydrogen) atoms. The van der Waals surface area contributed by atoms with Gasteiger partial charge in [0.05, 0.1) is 30.0 Å². The summed E-state index contributed by atoms with van der Waals surface area (Å²) in [5, 5.41) is 8.61. The Kier molecular flexibility index (Phi) is 4.14. The van der Waals surface area contributed by atoms with Crippen LogP contribution in [0, 0.1) is 0 Å². The summed E-state index contributed by atoms with van der Waals surface area (Å²) in [6.45, 7) is 0. The van der Waals surface area contributed by atoms with E-state index in [1.54, 1.807) is 31.9 Å². The van der Waals surface area contributed by atoms with Crippen LogP contribution < -0.4 is 4.74 Å². The maximum Gasteiger partial charge on any atom is 0.159 e. The van der Waals surface area contributed by atoms with E-state index in [9.17, 15) is 0 Å². The van der Waals surface area contributed by atoms with Gasteiger partial charge in [-0.1, -0.05) is 6.07 Å². The van der Waals surface area contributed by atoms with Gasteiger partial charge >= 0.3 is 0 Å². The number of fused-ring (bicyclic) bond motifs is 2. The Hall–Kier alpha value is -4.59. The van der Waals surface area contributed by atoms with Gasteiger partial charge in [0.25, 0.3) is 0 Å². The molecule has 6 rings (SSSR count). The number of imidazole rings is 1. The van der Waals surface area contributed by atoms with Gasteiger partial charge in [0.1, 0.15) is 17.0 Å². The van der Waals surface area contributed by atoms with Gasteiger partial charge in [0.15, 0.2) is 5.82 Å². The van der Waals surface area contributed by atoms with Crippen LogP contribution >= 0.6 is 0 Å². The zero-order valence-corrected chi connectivity index (χ0v) is 17.1. The molecule has 0 atom stereocenters. The first kappa shape index (κ1) is 18.2. The largest absolute Gasteiger partial charge is 0.495 e. The number of rotatable bonds is 4. The van der Waals surface area contributed by atoms with Crippen LogP contribution in [0.2, 0.25) is 0 Å². The molecule has 8 heteroatoms. The molecule has 0 aliphatic heterocycles. The Labute approximate surface area is 182 Å².